The van der Waals surface area contributed by atoms with Crippen molar-refractivity contribution in [3.8, 4) is 0 Å². The Morgan fingerprint density at radius 2 is 2.16 bits per heavy atom. The van der Waals surface area contributed by atoms with E-state index >= 15 is 0 Å². The van der Waals surface area contributed by atoms with Crippen molar-refractivity contribution in [2.45, 2.75) is 32.2 Å². The Bertz CT molecular complexity index is 487. The number of carboxylic acid groups (broad SMARTS) is 1. The molecule has 1 unspecified atom stereocenters. The van der Waals surface area contributed by atoms with Crippen LogP contribution in [-0.2, 0) is 4.79 Å². The molecule has 5 nitrogen and oxygen atoms in total. The Labute approximate surface area is 112 Å². The summed E-state index contributed by atoms with van der Waals surface area (Å²) < 4.78 is 0. The summed E-state index contributed by atoms with van der Waals surface area (Å²) >= 11 is 0. The Morgan fingerprint density at radius 3 is 2.84 bits per heavy atom. The number of carboxylic acids is 1. The average Bonchev–Trinajstić information content (AvgIpc) is 2.79. The third-order valence-corrected chi connectivity index (χ3v) is 3.43. The minimum atomic E-state index is -0.861. The summed E-state index contributed by atoms with van der Waals surface area (Å²) in [6, 6.07) is 7.14. The fourth-order valence-electron chi connectivity index (χ4n) is 2.42. The van der Waals surface area contributed by atoms with Crippen molar-refractivity contribution in [1.82, 2.24) is 4.90 Å². The van der Waals surface area contributed by atoms with Crippen LogP contribution in [0, 0.1) is 6.92 Å². The quantitative estimate of drug-likeness (QED) is 0.879. The maximum Gasteiger partial charge on any atom is 0.322 e. The molecule has 2 rings (SSSR count). The lowest BCUT2D eigenvalue weighted by molar-refractivity contribution is -0.137. The molecule has 0 aliphatic carbocycles. The third kappa shape index (κ3) is 3.24. The van der Waals surface area contributed by atoms with Gasteiger partial charge < -0.3 is 15.3 Å². The number of hydrogen-bond donors (Lipinski definition) is 2. The summed E-state index contributed by atoms with van der Waals surface area (Å²) in [7, 11) is 0. The number of likely N-dealkylation sites (tertiary alicyclic amines) is 1. The second kappa shape index (κ2) is 5.73. The van der Waals surface area contributed by atoms with E-state index in [-0.39, 0.29) is 18.5 Å². The van der Waals surface area contributed by atoms with Crippen LogP contribution >= 0.6 is 0 Å². The van der Waals surface area contributed by atoms with Crippen LogP contribution in [0.5, 0.6) is 0 Å². The van der Waals surface area contributed by atoms with E-state index in [1.165, 1.54) is 0 Å². The monoisotopic (exact) mass is 262 g/mol. The molecule has 102 valence electrons. The molecule has 1 fully saturated rings. The number of anilines is 1. The van der Waals surface area contributed by atoms with Gasteiger partial charge in [0.05, 0.1) is 6.42 Å². The summed E-state index contributed by atoms with van der Waals surface area (Å²) in [4.78, 5) is 24.6. The van der Waals surface area contributed by atoms with E-state index in [0.717, 1.165) is 24.1 Å². The normalized spacial score (nSPS) is 18.4. The molecule has 0 saturated carbocycles. The highest BCUT2D eigenvalue weighted by Crippen LogP contribution is 2.22. The van der Waals surface area contributed by atoms with E-state index in [9.17, 15) is 9.59 Å². The standard InChI is InChI=1S/C14H18N2O3/c1-10-5-2-3-7-12(10)15-14(19)16-8-4-6-11(16)9-13(17)18/h2-3,5,7,11H,4,6,8-9H2,1H3,(H,15,19)(H,17,18). The predicted octanol–water partition coefficient (Wildman–Crippen LogP) is 2.47. The van der Waals surface area contributed by atoms with Gasteiger partial charge >= 0.3 is 12.0 Å². The smallest absolute Gasteiger partial charge is 0.322 e. The van der Waals surface area contributed by atoms with Crippen LogP contribution in [0.25, 0.3) is 0 Å². The van der Waals surface area contributed by atoms with Crippen LogP contribution in [0.2, 0.25) is 0 Å². The highest BCUT2D eigenvalue weighted by molar-refractivity contribution is 5.90. The number of benzene rings is 1. The molecular formula is C14H18N2O3. The number of para-hydroxylation sites is 1. The van der Waals surface area contributed by atoms with E-state index < -0.39 is 5.97 Å². The molecule has 5 heteroatoms. The zero-order chi connectivity index (χ0) is 13.8. The van der Waals surface area contributed by atoms with Gasteiger partial charge in [0.2, 0.25) is 0 Å². The molecule has 0 radical (unpaired) electrons. The number of aryl methyl sites for hydroxylation is 1. The van der Waals surface area contributed by atoms with Gasteiger partial charge in [0.15, 0.2) is 0 Å². The summed E-state index contributed by atoms with van der Waals surface area (Å²) in [6.07, 6.45) is 1.63. The molecule has 1 aliphatic rings. The number of aliphatic carboxylic acids is 1. The van der Waals surface area contributed by atoms with E-state index in [0.29, 0.717) is 6.54 Å². The molecule has 0 spiro atoms. The fraction of sp³-hybridized carbons (Fsp3) is 0.429. The predicted molar refractivity (Wildman–Crippen MR) is 72.2 cm³/mol. The lowest BCUT2D eigenvalue weighted by atomic mass is 10.1. The van der Waals surface area contributed by atoms with Crippen LogP contribution in [0.3, 0.4) is 0 Å². The number of rotatable bonds is 3. The van der Waals surface area contributed by atoms with E-state index in [2.05, 4.69) is 5.32 Å². The molecule has 1 aromatic carbocycles. The number of amides is 2. The van der Waals surface area contributed by atoms with E-state index in [4.69, 9.17) is 5.11 Å². The van der Waals surface area contributed by atoms with Gasteiger partial charge in [0, 0.05) is 18.3 Å². The van der Waals surface area contributed by atoms with Crippen LogP contribution in [0.1, 0.15) is 24.8 Å². The zero-order valence-electron chi connectivity index (χ0n) is 10.9. The largest absolute Gasteiger partial charge is 0.481 e. The van der Waals surface area contributed by atoms with Gasteiger partial charge in [-0.2, -0.15) is 0 Å². The van der Waals surface area contributed by atoms with Crippen molar-refractivity contribution < 1.29 is 14.7 Å². The van der Waals surface area contributed by atoms with Crippen molar-refractivity contribution in [3.63, 3.8) is 0 Å². The highest BCUT2D eigenvalue weighted by Gasteiger charge is 2.30. The molecule has 0 bridgehead atoms. The number of hydrogen-bond acceptors (Lipinski definition) is 2. The topological polar surface area (TPSA) is 69.6 Å². The Morgan fingerprint density at radius 1 is 1.42 bits per heavy atom. The Balaban J connectivity index is 2.03. The maximum atomic E-state index is 12.2. The first-order valence-electron chi connectivity index (χ1n) is 6.43. The lowest BCUT2D eigenvalue weighted by Crippen LogP contribution is -2.39. The summed E-state index contributed by atoms with van der Waals surface area (Å²) in [5.74, 6) is -0.861. The van der Waals surface area contributed by atoms with Crippen molar-refractivity contribution >= 4 is 17.7 Å². The third-order valence-electron chi connectivity index (χ3n) is 3.43. The van der Waals surface area contributed by atoms with Gasteiger partial charge in [-0.1, -0.05) is 18.2 Å². The van der Waals surface area contributed by atoms with Crippen molar-refractivity contribution in [1.29, 1.82) is 0 Å². The first-order chi connectivity index (χ1) is 9.08. The molecule has 2 amide bonds. The van der Waals surface area contributed by atoms with E-state index in [1.54, 1.807) is 4.90 Å². The number of nitrogens with zero attached hydrogens (tertiary/aromatic N) is 1. The molecule has 1 saturated heterocycles. The molecule has 1 aliphatic heterocycles. The lowest BCUT2D eigenvalue weighted by Gasteiger charge is -2.24. The molecule has 0 aromatic heterocycles. The van der Waals surface area contributed by atoms with E-state index in [1.807, 2.05) is 31.2 Å². The van der Waals surface area contributed by atoms with Gasteiger partial charge in [-0.15, -0.1) is 0 Å². The van der Waals surface area contributed by atoms with Crippen LogP contribution < -0.4 is 5.32 Å². The van der Waals surface area contributed by atoms with Gasteiger partial charge in [-0.25, -0.2) is 4.79 Å². The Kier molecular flexibility index (Phi) is 4.04. The van der Waals surface area contributed by atoms with Crippen LogP contribution in [0.4, 0.5) is 10.5 Å². The highest BCUT2D eigenvalue weighted by atomic mass is 16.4. The van der Waals surface area contributed by atoms with Gasteiger partial charge in [-0.3, -0.25) is 4.79 Å². The SMILES string of the molecule is Cc1ccccc1NC(=O)N1CCCC1CC(=O)O. The average molecular weight is 262 g/mol. The first kappa shape index (κ1) is 13.4. The second-order valence-corrected chi connectivity index (χ2v) is 4.83. The van der Waals surface area contributed by atoms with Gasteiger partial charge in [0.1, 0.15) is 0 Å². The molecule has 1 heterocycles. The molecule has 1 atom stereocenters. The van der Waals surface area contributed by atoms with Gasteiger partial charge in [0.25, 0.3) is 0 Å². The summed E-state index contributed by atoms with van der Waals surface area (Å²) in [5, 5.41) is 11.7. The van der Waals surface area contributed by atoms with Gasteiger partial charge in [-0.05, 0) is 31.4 Å². The summed E-state index contributed by atoms with van der Waals surface area (Å²) in [6.45, 7) is 2.55. The first-order valence-corrected chi connectivity index (χ1v) is 6.43. The summed E-state index contributed by atoms with van der Waals surface area (Å²) in [5.41, 5.74) is 1.76. The molecule has 1 aromatic rings. The van der Waals surface area contributed by atoms with Crippen molar-refractivity contribution in [2.75, 3.05) is 11.9 Å². The Hall–Kier alpha value is -2.04. The number of carbonyl (C=O) groups excluding carboxylic acids is 1. The number of carbonyl (C=O) groups is 2. The zero-order valence-corrected chi connectivity index (χ0v) is 10.9. The fourth-order valence-corrected chi connectivity index (χ4v) is 2.42. The molecular weight excluding hydrogens is 244 g/mol. The van der Waals surface area contributed by atoms with Crippen LogP contribution in [0.15, 0.2) is 24.3 Å². The molecule has 19 heavy (non-hydrogen) atoms. The van der Waals surface area contributed by atoms with Crippen molar-refractivity contribution in [3.05, 3.63) is 29.8 Å². The minimum Gasteiger partial charge on any atom is -0.481 e. The minimum absolute atomic E-state index is 0.0151. The number of urea groups is 1. The van der Waals surface area contributed by atoms with Crippen molar-refractivity contribution in [2.24, 2.45) is 0 Å². The second-order valence-electron chi connectivity index (χ2n) is 4.83. The number of nitrogens with one attached hydrogen (secondary N) is 1. The molecule has 2 N–H and O–H groups in total. The maximum absolute atomic E-state index is 12.2. The van der Waals surface area contributed by atoms with Crippen LogP contribution in [-0.4, -0.2) is 34.6 Å².